The monoisotopic (exact) mass is 679 g/mol. The highest BCUT2D eigenvalue weighted by Gasteiger charge is 2.38. The summed E-state index contributed by atoms with van der Waals surface area (Å²) in [5.41, 5.74) is 4.90. The summed E-state index contributed by atoms with van der Waals surface area (Å²) in [6, 6.07) is 10.3. The molecule has 0 spiro atoms. The van der Waals surface area contributed by atoms with Gasteiger partial charge in [-0.3, -0.25) is 4.79 Å². The van der Waals surface area contributed by atoms with Crippen LogP contribution < -0.4 is 14.4 Å². The predicted molar refractivity (Wildman–Crippen MR) is 187 cm³/mol. The van der Waals surface area contributed by atoms with E-state index >= 15 is 0 Å². The molecule has 11 heteroatoms. The number of anilines is 1. The first-order valence-electron chi connectivity index (χ1n) is 16.5. The molecular formula is C37H49N3O7S. The molecule has 2 aliphatic heterocycles. The normalized spacial score (nSPS) is 18.3. The number of aryl methyl sites for hydroxylation is 1. The number of carbonyl (C=O) groups excluding carboxylic acids is 2. The van der Waals surface area contributed by atoms with Gasteiger partial charge in [0.2, 0.25) is 0 Å². The third kappa shape index (κ3) is 8.60. The maximum absolute atomic E-state index is 12.9. The molecule has 10 nitrogen and oxygen atoms in total. The topological polar surface area (TPSA) is 99.7 Å². The number of nitrogens with zero attached hydrogens (tertiary/aromatic N) is 3. The Morgan fingerprint density at radius 3 is 2.42 bits per heavy atom. The summed E-state index contributed by atoms with van der Waals surface area (Å²) in [5.74, 6) is 0.948. The van der Waals surface area contributed by atoms with Gasteiger partial charge in [-0.15, -0.1) is 11.3 Å². The molecule has 1 aromatic heterocycles. The molecule has 2 aromatic carbocycles. The van der Waals surface area contributed by atoms with E-state index < -0.39 is 11.2 Å². The summed E-state index contributed by atoms with van der Waals surface area (Å²) in [5, 5.41) is 2.93. The second-order valence-corrected chi connectivity index (χ2v) is 15.4. The molecule has 48 heavy (non-hydrogen) atoms. The van der Waals surface area contributed by atoms with Gasteiger partial charge in [-0.1, -0.05) is 17.7 Å². The summed E-state index contributed by atoms with van der Waals surface area (Å²) < 4.78 is 29.3. The number of thiazole rings is 1. The van der Waals surface area contributed by atoms with Crippen molar-refractivity contribution in [1.82, 2.24) is 9.88 Å². The van der Waals surface area contributed by atoms with Crippen LogP contribution in [0.4, 0.5) is 9.93 Å². The van der Waals surface area contributed by atoms with Crippen LogP contribution >= 0.6 is 11.3 Å². The van der Waals surface area contributed by atoms with Gasteiger partial charge in [-0.05, 0) is 90.6 Å². The predicted octanol–water partition coefficient (Wildman–Crippen LogP) is 7.18. The molecule has 0 N–H and O–H groups in total. The van der Waals surface area contributed by atoms with Crippen LogP contribution in [-0.4, -0.2) is 73.1 Å². The van der Waals surface area contributed by atoms with E-state index in [1.54, 1.807) is 30.5 Å². The van der Waals surface area contributed by atoms with Crippen LogP contribution in [0.15, 0.2) is 35.7 Å². The number of hydrogen-bond acceptors (Lipinski definition) is 10. The molecule has 1 saturated heterocycles. The summed E-state index contributed by atoms with van der Waals surface area (Å²) in [6.07, 6.45) is 0.732. The summed E-state index contributed by atoms with van der Waals surface area (Å²) in [6.45, 7) is 15.9. The van der Waals surface area contributed by atoms with Crippen LogP contribution in [0, 0.1) is 12.8 Å². The second-order valence-electron chi connectivity index (χ2n) is 14.5. The minimum absolute atomic E-state index is 0.213. The van der Waals surface area contributed by atoms with E-state index in [-0.39, 0.29) is 24.1 Å². The fourth-order valence-electron chi connectivity index (χ4n) is 6.08. The van der Waals surface area contributed by atoms with E-state index in [1.165, 1.54) is 0 Å². The number of esters is 1. The van der Waals surface area contributed by atoms with Crippen molar-refractivity contribution >= 4 is 28.5 Å². The first-order chi connectivity index (χ1) is 22.6. The Labute approximate surface area is 288 Å². The van der Waals surface area contributed by atoms with E-state index in [1.807, 2.05) is 59.7 Å². The number of aromatic nitrogens is 1. The molecule has 0 saturated carbocycles. The highest BCUT2D eigenvalue weighted by Crippen LogP contribution is 2.37. The van der Waals surface area contributed by atoms with Crippen molar-refractivity contribution in [3.63, 3.8) is 0 Å². The lowest BCUT2D eigenvalue weighted by molar-refractivity contribution is -0.165. The summed E-state index contributed by atoms with van der Waals surface area (Å²) in [4.78, 5) is 34.5. The molecule has 260 valence electrons. The highest BCUT2D eigenvalue weighted by atomic mass is 32.1. The van der Waals surface area contributed by atoms with Gasteiger partial charge in [0.15, 0.2) is 5.13 Å². The first-order valence-corrected chi connectivity index (χ1v) is 17.4. The smallest absolute Gasteiger partial charge is 0.410 e. The van der Waals surface area contributed by atoms with Crippen LogP contribution in [-0.2, 0) is 38.6 Å². The van der Waals surface area contributed by atoms with Crippen LogP contribution in [0.25, 0.3) is 11.3 Å². The number of fused-ring (bicyclic) bond motifs is 1. The molecule has 5 rings (SSSR count). The average molecular weight is 680 g/mol. The Hall–Kier alpha value is -3.83. The minimum atomic E-state index is -0.551. The van der Waals surface area contributed by atoms with Crippen LogP contribution in [0.5, 0.6) is 11.5 Å². The van der Waals surface area contributed by atoms with Crippen molar-refractivity contribution in [2.75, 3.05) is 38.8 Å². The van der Waals surface area contributed by atoms with E-state index in [4.69, 9.17) is 28.7 Å². The third-order valence-electron chi connectivity index (χ3n) is 8.37. The number of rotatable bonds is 8. The van der Waals surface area contributed by atoms with Gasteiger partial charge in [0.05, 0.1) is 31.4 Å². The minimum Gasteiger partial charge on any atom is -0.496 e. The SMILES string of the molecule is COc1cc(COc2ccc(C)cc2-c2csc(N3CC[C@@H](C(=O)OC(C)(C)C)[C@@H](OC)C3)n2)cc2c1CN(C(=O)OC(C)(C)C)CC2. The fraction of sp³-hybridized carbons (Fsp3) is 0.541. The van der Waals surface area contributed by atoms with Gasteiger partial charge in [-0.25, -0.2) is 9.78 Å². The van der Waals surface area contributed by atoms with Gasteiger partial charge in [-0.2, -0.15) is 0 Å². The highest BCUT2D eigenvalue weighted by molar-refractivity contribution is 7.14. The fourth-order valence-corrected chi connectivity index (χ4v) is 6.94. The molecule has 3 heterocycles. The molecule has 1 amide bonds. The molecule has 0 aliphatic carbocycles. The average Bonchev–Trinajstić information content (AvgIpc) is 3.52. The molecule has 0 bridgehead atoms. The van der Waals surface area contributed by atoms with Crippen molar-refractivity contribution in [2.45, 2.75) is 91.8 Å². The number of hydrogen-bond donors (Lipinski definition) is 0. The molecule has 3 aromatic rings. The van der Waals surface area contributed by atoms with Crippen LogP contribution in [0.3, 0.4) is 0 Å². The van der Waals surface area contributed by atoms with Crippen molar-refractivity contribution in [2.24, 2.45) is 5.92 Å². The molecule has 1 fully saturated rings. The molecule has 0 radical (unpaired) electrons. The largest absolute Gasteiger partial charge is 0.496 e. The Bertz CT molecular complexity index is 1610. The number of ether oxygens (including phenoxy) is 5. The Morgan fingerprint density at radius 1 is 0.979 bits per heavy atom. The third-order valence-corrected chi connectivity index (χ3v) is 9.27. The summed E-state index contributed by atoms with van der Waals surface area (Å²) in [7, 11) is 3.30. The zero-order valence-electron chi connectivity index (χ0n) is 29.7. The first kappa shape index (κ1) is 35.5. The maximum atomic E-state index is 12.9. The van der Waals surface area contributed by atoms with E-state index in [9.17, 15) is 9.59 Å². The Kier molecular flexibility index (Phi) is 10.6. The lowest BCUT2D eigenvalue weighted by atomic mass is 9.93. The van der Waals surface area contributed by atoms with Gasteiger partial charge in [0, 0.05) is 43.3 Å². The lowest BCUT2D eigenvalue weighted by Gasteiger charge is -2.37. The zero-order valence-corrected chi connectivity index (χ0v) is 30.5. The molecular weight excluding hydrogens is 630 g/mol. The number of benzene rings is 2. The Balaban J connectivity index is 1.29. The van der Waals surface area contributed by atoms with Crippen molar-refractivity contribution in [3.8, 4) is 22.8 Å². The van der Waals surface area contributed by atoms with Gasteiger partial charge < -0.3 is 33.5 Å². The lowest BCUT2D eigenvalue weighted by Crippen LogP contribution is -2.49. The number of amides is 1. The van der Waals surface area contributed by atoms with Gasteiger partial charge in [0.25, 0.3) is 0 Å². The Morgan fingerprint density at radius 2 is 1.73 bits per heavy atom. The molecule has 2 aliphatic rings. The van der Waals surface area contributed by atoms with Crippen molar-refractivity contribution in [3.05, 3.63) is 58.0 Å². The maximum Gasteiger partial charge on any atom is 0.410 e. The molecule has 0 unspecified atom stereocenters. The number of methoxy groups -OCH3 is 2. The quantitative estimate of drug-likeness (QED) is 0.229. The second kappa shape index (κ2) is 14.3. The van der Waals surface area contributed by atoms with E-state index in [0.717, 1.165) is 50.1 Å². The molecule has 2 atom stereocenters. The van der Waals surface area contributed by atoms with Crippen molar-refractivity contribution in [1.29, 1.82) is 0 Å². The standard InChI is InChI=1S/C37H49N3O7S/c1-23-10-11-30(45-21-24-17-25-12-14-40(35(42)47-37(5,6)7)19-28(25)31(18-24)43-8)27(16-23)29-22-48-34(38-29)39-15-13-26(32(20-39)44-9)33(41)46-36(2,3)4/h10-11,16-18,22,26,32H,12-15,19-21H2,1-9H3/t26-,32+/m1/s1. The summed E-state index contributed by atoms with van der Waals surface area (Å²) >= 11 is 1.57. The van der Waals surface area contributed by atoms with Gasteiger partial charge >= 0.3 is 12.1 Å². The zero-order chi connectivity index (χ0) is 34.8. The van der Waals surface area contributed by atoms with Crippen LogP contribution in [0.1, 0.15) is 70.2 Å². The van der Waals surface area contributed by atoms with E-state index in [0.29, 0.717) is 45.6 Å². The van der Waals surface area contributed by atoms with E-state index in [2.05, 4.69) is 29.3 Å². The van der Waals surface area contributed by atoms with Crippen LogP contribution in [0.2, 0.25) is 0 Å². The van der Waals surface area contributed by atoms with Gasteiger partial charge in [0.1, 0.15) is 29.3 Å². The number of carbonyl (C=O) groups is 2. The van der Waals surface area contributed by atoms with Crippen molar-refractivity contribution < 1.29 is 33.3 Å². The number of piperidine rings is 1.